The first kappa shape index (κ1) is 17.4. The molecule has 0 saturated heterocycles. The van der Waals surface area contributed by atoms with Crippen LogP contribution in [0, 0.1) is 39.3 Å². The Bertz CT molecular complexity index is 850. The van der Waals surface area contributed by atoms with Crippen LogP contribution >= 0.6 is 0 Å². The van der Waals surface area contributed by atoms with Gasteiger partial charge in [0.15, 0.2) is 0 Å². The lowest BCUT2D eigenvalue weighted by Gasteiger charge is -2.24. The van der Waals surface area contributed by atoms with Gasteiger partial charge in [0.25, 0.3) is 10.0 Å². The van der Waals surface area contributed by atoms with E-state index in [9.17, 15) is 17.2 Å². The number of hydrogen-bond acceptors (Lipinski definition) is 2. The quantitative estimate of drug-likeness (QED) is 0.847. The van der Waals surface area contributed by atoms with Gasteiger partial charge in [-0.25, -0.2) is 17.2 Å². The Morgan fingerprint density at radius 1 is 0.913 bits per heavy atom. The van der Waals surface area contributed by atoms with E-state index in [4.69, 9.17) is 0 Å². The van der Waals surface area contributed by atoms with E-state index in [1.165, 1.54) is 7.05 Å². The lowest BCUT2D eigenvalue weighted by molar-refractivity contribution is 0.584. The molecule has 0 amide bonds. The van der Waals surface area contributed by atoms with Gasteiger partial charge in [0.2, 0.25) is 0 Å². The van der Waals surface area contributed by atoms with Crippen molar-refractivity contribution in [2.24, 2.45) is 0 Å². The topological polar surface area (TPSA) is 37.4 Å². The number of halogens is 2. The highest BCUT2D eigenvalue weighted by molar-refractivity contribution is 7.92. The zero-order valence-electron chi connectivity index (χ0n) is 13.7. The lowest BCUT2D eigenvalue weighted by Crippen LogP contribution is -2.29. The Morgan fingerprint density at radius 2 is 1.43 bits per heavy atom. The highest BCUT2D eigenvalue weighted by Gasteiger charge is 2.28. The molecule has 0 heterocycles. The molecule has 0 fully saturated rings. The SMILES string of the molecule is Cc1cc(C)c(C)c(S(=O)(=O)N(C)c2cc(F)ccc2F)c1C. The molecule has 0 N–H and O–H groups in total. The Hall–Kier alpha value is -1.95. The first-order chi connectivity index (χ1) is 10.6. The van der Waals surface area contributed by atoms with Crippen molar-refractivity contribution in [1.29, 1.82) is 0 Å². The summed E-state index contributed by atoms with van der Waals surface area (Å²) >= 11 is 0. The van der Waals surface area contributed by atoms with E-state index >= 15 is 0 Å². The summed E-state index contributed by atoms with van der Waals surface area (Å²) in [7, 11) is -2.79. The smallest absolute Gasteiger partial charge is 0.264 e. The van der Waals surface area contributed by atoms with Crippen molar-refractivity contribution in [1.82, 2.24) is 0 Å². The average Bonchev–Trinajstić information content (AvgIpc) is 2.47. The number of hydrogen-bond donors (Lipinski definition) is 0. The minimum absolute atomic E-state index is 0.140. The Kier molecular flexibility index (Phi) is 4.48. The maximum Gasteiger partial charge on any atom is 0.264 e. The van der Waals surface area contributed by atoms with Gasteiger partial charge in [0.05, 0.1) is 10.6 Å². The van der Waals surface area contributed by atoms with E-state index in [1.807, 2.05) is 19.9 Å². The van der Waals surface area contributed by atoms with Crippen molar-refractivity contribution in [3.63, 3.8) is 0 Å². The summed E-state index contributed by atoms with van der Waals surface area (Å²) in [4.78, 5) is 0.140. The second kappa shape index (κ2) is 5.92. The summed E-state index contributed by atoms with van der Waals surface area (Å²) < 4.78 is 54.1. The summed E-state index contributed by atoms with van der Waals surface area (Å²) in [5, 5.41) is 0. The Balaban J connectivity index is 2.70. The molecule has 124 valence electrons. The van der Waals surface area contributed by atoms with Crippen LogP contribution < -0.4 is 4.31 Å². The van der Waals surface area contributed by atoms with Gasteiger partial charge < -0.3 is 0 Å². The normalized spacial score (nSPS) is 11.6. The van der Waals surface area contributed by atoms with Crippen molar-refractivity contribution >= 4 is 15.7 Å². The van der Waals surface area contributed by atoms with E-state index in [1.54, 1.807) is 13.8 Å². The van der Waals surface area contributed by atoms with Gasteiger partial charge in [-0.1, -0.05) is 6.07 Å². The summed E-state index contributed by atoms with van der Waals surface area (Å²) in [5.41, 5.74) is 2.57. The van der Waals surface area contributed by atoms with Crippen LogP contribution in [0.1, 0.15) is 22.3 Å². The van der Waals surface area contributed by atoms with Crippen molar-refractivity contribution in [2.75, 3.05) is 11.4 Å². The van der Waals surface area contributed by atoms with E-state index in [0.717, 1.165) is 33.6 Å². The number of benzene rings is 2. The van der Waals surface area contributed by atoms with Gasteiger partial charge >= 0.3 is 0 Å². The zero-order valence-corrected chi connectivity index (χ0v) is 14.6. The largest absolute Gasteiger partial charge is 0.266 e. The molecular weight excluding hydrogens is 320 g/mol. The summed E-state index contributed by atoms with van der Waals surface area (Å²) in [6, 6.07) is 4.65. The molecule has 0 aliphatic heterocycles. The van der Waals surface area contributed by atoms with Crippen molar-refractivity contribution < 1.29 is 17.2 Å². The number of aryl methyl sites for hydroxylation is 2. The summed E-state index contributed by atoms with van der Waals surface area (Å²) in [6.07, 6.45) is 0. The fraction of sp³-hybridized carbons (Fsp3) is 0.294. The molecule has 0 unspecified atom stereocenters. The first-order valence-corrected chi connectivity index (χ1v) is 8.52. The third kappa shape index (κ3) is 2.95. The van der Waals surface area contributed by atoms with E-state index < -0.39 is 21.7 Å². The molecule has 0 aliphatic carbocycles. The first-order valence-electron chi connectivity index (χ1n) is 7.08. The standard InChI is InChI=1S/C17H19F2NO2S/c1-10-8-11(2)13(4)17(12(10)3)23(21,22)20(5)16-9-14(18)6-7-15(16)19/h6-9H,1-5H3. The predicted molar refractivity (Wildman–Crippen MR) is 87.3 cm³/mol. The molecule has 6 heteroatoms. The van der Waals surface area contributed by atoms with E-state index in [-0.39, 0.29) is 10.6 Å². The summed E-state index contributed by atoms with van der Waals surface area (Å²) in [5.74, 6) is -1.49. The van der Waals surface area contributed by atoms with Crippen LogP contribution in [-0.2, 0) is 10.0 Å². The van der Waals surface area contributed by atoms with Gasteiger partial charge in [0.1, 0.15) is 11.6 Å². The van der Waals surface area contributed by atoms with Crippen LogP contribution in [0.15, 0.2) is 29.2 Å². The lowest BCUT2D eigenvalue weighted by atomic mass is 10.0. The van der Waals surface area contributed by atoms with Crippen LogP contribution in [0.4, 0.5) is 14.5 Å². The molecule has 0 spiro atoms. The third-order valence-electron chi connectivity index (χ3n) is 4.16. The van der Waals surface area contributed by atoms with Crippen molar-refractivity contribution in [3.8, 4) is 0 Å². The summed E-state index contributed by atoms with van der Waals surface area (Å²) in [6.45, 7) is 7.07. The van der Waals surface area contributed by atoms with Crippen LogP contribution in [0.25, 0.3) is 0 Å². The Labute approximate surface area is 135 Å². The van der Waals surface area contributed by atoms with Crippen LogP contribution in [-0.4, -0.2) is 15.5 Å². The maximum absolute atomic E-state index is 14.0. The fourth-order valence-electron chi connectivity index (χ4n) is 2.56. The fourth-order valence-corrected chi connectivity index (χ4v) is 4.33. The number of anilines is 1. The molecular formula is C17H19F2NO2S. The number of nitrogens with zero attached hydrogens (tertiary/aromatic N) is 1. The molecule has 23 heavy (non-hydrogen) atoms. The molecule has 0 bridgehead atoms. The predicted octanol–water partition coefficient (Wildman–Crippen LogP) is 4.02. The second-order valence-corrected chi connectivity index (χ2v) is 7.56. The molecule has 0 aliphatic rings. The van der Waals surface area contributed by atoms with Gasteiger partial charge in [-0.3, -0.25) is 4.31 Å². The van der Waals surface area contributed by atoms with Crippen LogP contribution in [0.5, 0.6) is 0 Å². The number of rotatable bonds is 3. The second-order valence-electron chi connectivity index (χ2n) is 5.66. The molecule has 0 saturated carbocycles. The highest BCUT2D eigenvalue weighted by atomic mass is 32.2. The number of sulfonamides is 1. The third-order valence-corrected chi connectivity index (χ3v) is 6.21. The minimum atomic E-state index is -4.01. The van der Waals surface area contributed by atoms with Crippen molar-refractivity contribution in [2.45, 2.75) is 32.6 Å². The molecule has 2 aromatic carbocycles. The van der Waals surface area contributed by atoms with Crippen LogP contribution in [0.3, 0.4) is 0 Å². The highest BCUT2D eigenvalue weighted by Crippen LogP contribution is 2.31. The van der Waals surface area contributed by atoms with Gasteiger partial charge in [-0.2, -0.15) is 0 Å². The molecule has 0 atom stereocenters. The minimum Gasteiger partial charge on any atom is -0.266 e. The Morgan fingerprint density at radius 3 is 1.96 bits per heavy atom. The van der Waals surface area contributed by atoms with E-state index in [0.29, 0.717) is 11.1 Å². The zero-order chi connectivity index (χ0) is 17.5. The van der Waals surface area contributed by atoms with Gasteiger partial charge in [0, 0.05) is 13.1 Å². The molecule has 0 aromatic heterocycles. The van der Waals surface area contributed by atoms with Gasteiger partial charge in [-0.05, 0) is 62.1 Å². The molecule has 2 rings (SSSR count). The molecule has 3 nitrogen and oxygen atoms in total. The average molecular weight is 339 g/mol. The molecule has 2 aromatic rings. The van der Waals surface area contributed by atoms with Crippen LogP contribution in [0.2, 0.25) is 0 Å². The monoisotopic (exact) mass is 339 g/mol. The van der Waals surface area contributed by atoms with Gasteiger partial charge in [-0.15, -0.1) is 0 Å². The van der Waals surface area contributed by atoms with E-state index in [2.05, 4.69) is 0 Å². The molecule has 0 radical (unpaired) electrons. The maximum atomic E-state index is 14.0. The van der Waals surface area contributed by atoms with Crippen molar-refractivity contribution in [3.05, 3.63) is 58.2 Å².